The first-order valence-electron chi connectivity index (χ1n) is 5.71. The molecule has 1 aromatic heterocycles. The quantitative estimate of drug-likeness (QED) is 0.846. The molecule has 2 nitrogen and oxygen atoms in total. The molecule has 1 unspecified atom stereocenters. The fourth-order valence-corrected chi connectivity index (χ4v) is 2.67. The molecule has 0 fully saturated rings. The van der Waals surface area contributed by atoms with Gasteiger partial charge in [-0.3, -0.25) is 0 Å². The van der Waals surface area contributed by atoms with Gasteiger partial charge in [0.15, 0.2) is 0 Å². The number of hydrogen-bond donors (Lipinski definition) is 2. The zero-order valence-electron chi connectivity index (χ0n) is 10.5. The van der Waals surface area contributed by atoms with E-state index < -0.39 is 6.10 Å². The Hall–Kier alpha value is -0.960. The van der Waals surface area contributed by atoms with Crippen molar-refractivity contribution < 1.29 is 5.11 Å². The fraction of sp³-hybridized carbons (Fsp3) is 0.286. The van der Waals surface area contributed by atoms with E-state index in [1.165, 1.54) is 0 Å². The Kier molecular flexibility index (Phi) is 3.71. The van der Waals surface area contributed by atoms with Crippen molar-refractivity contribution in [3.05, 3.63) is 56.3 Å². The second-order valence-electron chi connectivity index (χ2n) is 4.45. The summed E-state index contributed by atoms with van der Waals surface area (Å²) in [4.78, 5) is 3.20. The van der Waals surface area contributed by atoms with E-state index >= 15 is 0 Å². The molecule has 96 valence electrons. The first-order chi connectivity index (χ1) is 8.43. The van der Waals surface area contributed by atoms with Crippen molar-refractivity contribution in [2.75, 3.05) is 0 Å². The summed E-state index contributed by atoms with van der Waals surface area (Å²) in [6, 6.07) is 5.22. The Labute approximate surface area is 117 Å². The van der Waals surface area contributed by atoms with Crippen LogP contribution in [0.3, 0.4) is 0 Å². The maximum atomic E-state index is 10.5. The molecule has 0 saturated carbocycles. The summed E-state index contributed by atoms with van der Waals surface area (Å²) in [5.41, 5.74) is 4.53. The zero-order chi connectivity index (χ0) is 13.4. The third-order valence-corrected chi connectivity index (χ3v) is 4.06. The van der Waals surface area contributed by atoms with E-state index in [-0.39, 0.29) is 0 Å². The van der Waals surface area contributed by atoms with Crippen LogP contribution in [-0.2, 0) is 0 Å². The average molecular weight is 284 g/mol. The first kappa shape index (κ1) is 13.5. The van der Waals surface area contributed by atoms with Crippen LogP contribution in [-0.4, -0.2) is 10.1 Å². The number of benzene rings is 1. The van der Waals surface area contributed by atoms with Crippen molar-refractivity contribution in [2.45, 2.75) is 26.9 Å². The molecule has 0 aliphatic carbocycles. The van der Waals surface area contributed by atoms with Crippen molar-refractivity contribution in [3.8, 4) is 0 Å². The number of hydrogen-bond acceptors (Lipinski definition) is 1. The van der Waals surface area contributed by atoms with Crippen molar-refractivity contribution in [1.29, 1.82) is 0 Å². The van der Waals surface area contributed by atoms with Gasteiger partial charge in [0.25, 0.3) is 0 Å². The minimum atomic E-state index is -0.835. The van der Waals surface area contributed by atoms with Gasteiger partial charge >= 0.3 is 0 Å². The topological polar surface area (TPSA) is 36.0 Å². The molecule has 1 aromatic carbocycles. The number of nitrogens with one attached hydrogen (secondary N) is 1. The number of aromatic amines is 1. The molecule has 18 heavy (non-hydrogen) atoms. The van der Waals surface area contributed by atoms with Crippen LogP contribution in [0.2, 0.25) is 10.0 Å². The van der Waals surface area contributed by atoms with Crippen molar-refractivity contribution >= 4 is 23.2 Å². The third-order valence-electron chi connectivity index (χ3n) is 3.40. The predicted octanol–water partition coefficient (Wildman–Crippen LogP) is 4.33. The molecular weight excluding hydrogens is 269 g/mol. The maximum Gasteiger partial charge on any atom is 0.122 e. The number of H-pyrrole nitrogens is 1. The van der Waals surface area contributed by atoms with E-state index in [0.717, 1.165) is 22.5 Å². The summed E-state index contributed by atoms with van der Waals surface area (Å²) in [5.74, 6) is 0. The number of rotatable bonds is 2. The average Bonchev–Trinajstić information content (AvgIpc) is 2.56. The fourth-order valence-electron chi connectivity index (χ4n) is 2.06. The van der Waals surface area contributed by atoms with Gasteiger partial charge in [0.2, 0.25) is 0 Å². The highest BCUT2D eigenvalue weighted by Crippen LogP contribution is 2.35. The van der Waals surface area contributed by atoms with E-state index in [9.17, 15) is 5.11 Å². The summed E-state index contributed by atoms with van der Waals surface area (Å²) in [6.07, 6.45) is -0.835. The predicted molar refractivity (Wildman–Crippen MR) is 75.5 cm³/mol. The third kappa shape index (κ3) is 2.16. The lowest BCUT2D eigenvalue weighted by molar-refractivity contribution is 0.215. The molecular formula is C14H15Cl2NO. The molecule has 0 aliphatic rings. The maximum absolute atomic E-state index is 10.5. The van der Waals surface area contributed by atoms with Gasteiger partial charge in [-0.1, -0.05) is 29.3 Å². The molecule has 0 spiro atoms. The Morgan fingerprint density at radius 1 is 1.06 bits per heavy atom. The Morgan fingerprint density at radius 2 is 1.61 bits per heavy atom. The van der Waals surface area contributed by atoms with Crippen LogP contribution in [0.4, 0.5) is 0 Å². The van der Waals surface area contributed by atoms with Gasteiger partial charge in [0.05, 0.1) is 5.69 Å². The van der Waals surface area contributed by atoms with Crippen LogP contribution in [0, 0.1) is 20.8 Å². The van der Waals surface area contributed by atoms with E-state index in [2.05, 4.69) is 4.98 Å². The summed E-state index contributed by atoms with van der Waals surface area (Å²) in [7, 11) is 0. The van der Waals surface area contributed by atoms with Gasteiger partial charge < -0.3 is 10.1 Å². The molecule has 1 atom stereocenters. The van der Waals surface area contributed by atoms with E-state index in [4.69, 9.17) is 23.2 Å². The number of aromatic nitrogens is 1. The molecule has 2 N–H and O–H groups in total. The summed E-state index contributed by atoms with van der Waals surface area (Å²) < 4.78 is 0. The number of aliphatic hydroxyl groups is 1. The van der Waals surface area contributed by atoms with Crippen molar-refractivity contribution in [3.63, 3.8) is 0 Å². The smallest absolute Gasteiger partial charge is 0.122 e. The summed E-state index contributed by atoms with van der Waals surface area (Å²) in [5, 5.41) is 11.4. The molecule has 0 radical (unpaired) electrons. The monoisotopic (exact) mass is 283 g/mol. The van der Waals surface area contributed by atoms with Gasteiger partial charge in [0.1, 0.15) is 6.10 Å². The van der Waals surface area contributed by atoms with Crippen LogP contribution in [0.1, 0.15) is 34.2 Å². The van der Waals surface area contributed by atoms with Gasteiger partial charge in [-0.15, -0.1) is 0 Å². The van der Waals surface area contributed by atoms with Crippen molar-refractivity contribution in [2.24, 2.45) is 0 Å². The molecule has 1 heterocycles. The standard InChI is InChI=1S/C14H15Cl2NO/c1-7-8(2)13(17-9(7)3)14(18)12-10(15)5-4-6-11(12)16/h4-6,14,17-18H,1-3H3. The van der Waals surface area contributed by atoms with E-state index in [0.29, 0.717) is 15.6 Å². The lowest BCUT2D eigenvalue weighted by atomic mass is 10.0. The highest BCUT2D eigenvalue weighted by atomic mass is 35.5. The first-order valence-corrected chi connectivity index (χ1v) is 6.46. The minimum absolute atomic E-state index is 0.472. The Bertz CT molecular complexity index is 569. The number of aliphatic hydroxyl groups excluding tert-OH is 1. The lowest BCUT2D eigenvalue weighted by Gasteiger charge is -2.14. The second kappa shape index (κ2) is 4.96. The molecule has 2 rings (SSSR count). The van der Waals surface area contributed by atoms with Gasteiger partial charge in [-0.2, -0.15) is 0 Å². The van der Waals surface area contributed by atoms with Crippen molar-refractivity contribution in [1.82, 2.24) is 4.98 Å². The van der Waals surface area contributed by atoms with Crippen LogP contribution in [0.5, 0.6) is 0 Å². The van der Waals surface area contributed by atoms with Gasteiger partial charge in [-0.05, 0) is 44.0 Å². The largest absolute Gasteiger partial charge is 0.382 e. The SMILES string of the molecule is Cc1[nH]c(C(O)c2c(Cl)cccc2Cl)c(C)c1C. The molecule has 0 aliphatic heterocycles. The Morgan fingerprint density at radius 3 is 2.06 bits per heavy atom. The van der Waals surface area contributed by atoms with Gasteiger partial charge in [0, 0.05) is 21.3 Å². The van der Waals surface area contributed by atoms with Gasteiger partial charge in [-0.25, -0.2) is 0 Å². The minimum Gasteiger partial charge on any atom is -0.382 e. The lowest BCUT2D eigenvalue weighted by Crippen LogP contribution is -2.03. The molecule has 0 amide bonds. The van der Waals surface area contributed by atoms with Crippen LogP contribution < -0.4 is 0 Å². The highest BCUT2D eigenvalue weighted by molar-refractivity contribution is 6.36. The van der Waals surface area contributed by atoms with Crippen LogP contribution in [0.15, 0.2) is 18.2 Å². The van der Waals surface area contributed by atoms with E-state index in [1.807, 2.05) is 20.8 Å². The molecule has 0 bridgehead atoms. The highest BCUT2D eigenvalue weighted by Gasteiger charge is 2.21. The van der Waals surface area contributed by atoms with E-state index in [1.54, 1.807) is 18.2 Å². The summed E-state index contributed by atoms with van der Waals surface area (Å²) in [6.45, 7) is 5.97. The number of halogens is 2. The molecule has 4 heteroatoms. The van der Waals surface area contributed by atoms with Crippen LogP contribution in [0.25, 0.3) is 0 Å². The Balaban J connectivity index is 2.55. The van der Waals surface area contributed by atoms with Crippen LogP contribution >= 0.6 is 23.2 Å². The molecule has 2 aromatic rings. The molecule has 0 saturated heterocycles. The second-order valence-corrected chi connectivity index (χ2v) is 5.27. The number of aryl methyl sites for hydroxylation is 1. The zero-order valence-corrected chi connectivity index (χ0v) is 12.0. The normalized spacial score (nSPS) is 12.8. The summed E-state index contributed by atoms with van der Waals surface area (Å²) >= 11 is 12.2.